The van der Waals surface area contributed by atoms with Gasteiger partial charge >= 0.3 is 29.3 Å². The van der Waals surface area contributed by atoms with Gasteiger partial charge in [0.2, 0.25) is 0 Å². The normalized spacial score (nSPS) is 13.9. The van der Waals surface area contributed by atoms with Gasteiger partial charge in [0.25, 0.3) is 0 Å². The summed E-state index contributed by atoms with van der Waals surface area (Å²) in [4.78, 5) is 37.1. The first-order chi connectivity index (χ1) is 27.4. The number of hydrogen-bond acceptors (Lipinski definition) is 10. The fourth-order valence-corrected chi connectivity index (χ4v) is 9.99. The van der Waals surface area contributed by atoms with E-state index in [9.17, 15) is 19.8 Å². The number of aliphatic imine (C=N–C) groups is 2. The second-order valence-corrected chi connectivity index (χ2v) is 16.1. The Balaban J connectivity index is 0.000000189. The number of esters is 2. The SMILES string of the molecule is CCOC(=O)c1c(/N=C/c2c(O)ccc3ccccc23)sc2c1CCCCC2.CCOC(=O)c1c(/N=C/c2c(O)ccc3ccccc23)sc2c1CCCCC2.[Cr+3]. The number of ether oxygens (including phenoxy) is 2. The molecule has 2 heterocycles. The first-order valence-corrected chi connectivity index (χ1v) is 21.1. The van der Waals surface area contributed by atoms with Crippen LogP contribution in [-0.4, -0.2) is 47.8 Å². The Bertz CT molecular complexity index is 2280. The zero-order chi connectivity index (χ0) is 39.0. The molecule has 8 nitrogen and oxygen atoms in total. The molecule has 291 valence electrons. The molecular formula is C46H46CrN2O6S2+3. The number of benzene rings is 4. The molecule has 2 N–H and O–H groups in total. The van der Waals surface area contributed by atoms with E-state index in [0.717, 1.165) is 84.0 Å². The first kappa shape index (κ1) is 41.8. The fraction of sp³-hybridized carbons (Fsp3) is 0.304. The van der Waals surface area contributed by atoms with Crippen LogP contribution in [0.1, 0.15) is 105 Å². The average Bonchev–Trinajstić information content (AvgIpc) is 3.51. The van der Waals surface area contributed by atoms with E-state index in [1.807, 2.05) is 74.5 Å². The van der Waals surface area contributed by atoms with Crippen LogP contribution in [0.5, 0.6) is 11.5 Å². The standard InChI is InChI=1S/2C23H23NO3S.Cr/c2*1-2-27-23(26)21-17-10-4-3-5-11-20(17)28-22(21)24-14-18-16-9-7-6-8-15(16)12-13-19(18)25;/h2*6-9,12-14,25H,2-5,10-11H2,1H3;/q;;+3/b2*24-14+;. The second kappa shape index (κ2) is 19.6. The molecular weight excluding hydrogens is 793 g/mol. The molecule has 0 unspecified atom stereocenters. The van der Waals surface area contributed by atoms with E-state index in [0.29, 0.717) is 45.5 Å². The number of rotatable bonds is 8. The second-order valence-electron chi connectivity index (χ2n) is 13.9. The quantitative estimate of drug-likeness (QED) is 0.0895. The van der Waals surface area contributed by atoms with Crippen molar-refractivity contribution in [3.8, 4) is 11.5 Å². The van der Waals surface area contributed by atoms with Crippen LogP contribution < -0.4 is 0 Å². The maximum atomic E-state index is 12.7. The summed E-state index contributed by atoms with van der Waals surface area (Å²) in [5.41, 5.74) is 4.76. The topological polar surface area (TPSA) is 118 Å². The molecule has 8 rings (SSSR count). The van der Waals surface area contributed by atoms with E-state index >= 15 is 0 Å². The number of phenols is 2. The third-order valence-corrected chi connectivity index (χ3v) is 12.7. The molecule has 1 radical (unpaired) electrons. The van der Waals surface area contributed by atoms with E-state index in [1.165, 1.54) is 22.6 Å². The molecule has 2 aromatic heterocycles. The van der Waals surface area contributed by atoms with E-state index in [1.54, 1.807) is 47.2 Å². The van der Waals surface area contributed by atoms with E-state index in [2.05, 4.69) is 9.98 Å². The Morgan fingerprint density at radius 3 is 1.42 bits per heavy atom. The van der Waals surface area contributed by atoms with Gasteiger partial charge in [-0.3, -0.25) is 0 Å². The minimum Gasteiger partial charge on any atom is -0.507 e. The van der Waals surface area contributed by atoms with Crippen LogP contribution in [0.15, 0.2) is 82.8 Å². The van der Waals surface area contributed by atoms with Gasteiger partial charge in [-0.15, -0.1) is 22.7 Å². The van der Waals surface area contributed by atoms with Crippen LogP contribution in [0, 0.1) is 0 Å². The maximum absolute atomic E-state index is 12.7. The number of carbonyl (C=O) groups is 2. The minimum absolute atomic E-state index is 0. The first-order valence-electron chi connectivity index (χ1n) is 19.5. The third-order valence-electron chi connectivity index (χ3n) is 10.3. The molecule has 0 bridgehead atoms. The van der Waals surface area contributed by atoms with Gasteiger partial charge in [0.05, 0.1) is 24.3 Å². The zero-order valence-corrected chi connectivity index (χ0v) is 35.1. The Labute approximate surface area is 352 Å². The average molecular weight is 839 g/mol. The molecule has 0 fully saturated rings. The van der Waals surface area contributed by atoms with Crippen molar-refractivity contribution in [2.45, 2.75) is 78.1 Å². The molecule has 0 atom stereocenters. The molecule has 0 aliphatic heterocycles. The molecule has 0 amide bonds. The van der Waals surface area contributed by atoms with Crippen LogP contribution in [-0.2, 0) is 52.5 Å². The number of aryl methyl sites for hydroxylation is 2. The van der Waals surface area contributed by atoms with Crippen molar-refractivity contribution in [3.05, 3.63) is 116 Å². The zero-order valence-electron chi connectivity index (χ0n) is 32.2. The molecule has 0 spiro atoms. The number of hydrogen-bond donors (Lipinski definition) is 2. The third kappa shape index (κ3) is 9.34. The maximum Gasteiger partial charge on any atom is 3.00 e. The largest absolute Gasteiger partial charge is 3.00 e. The van der Waals surface area contributed by atoms with Crippen molar-refractivity contribution < 1.29 is 46.6 Å². The van der Waals surface area contributed by atoms with Gasteiger partial charge in [-0.1, -0.05) is 73.5 Å². The van der Waals surface area contributed by atoms with Gasteiger partial charge in [0.1, 0.15) is 21.5 Å². The molecule has 6 aromatic rings. The van der Waals surface area contributed by atoms with Gasteiger partial charge < -0.3 is 19.7 Å². The summed E-state index contributed by atoms with van der Waals surface area (Å²) >= 11 is 3.16. The van der Waals surface area contributed by atoms with Crippen molar-refractivity contribution in [1.82, 2.24) is 0 Å². The van der Waals surface area contributed by atoms with Gasteiger partial charge in [-0.2, -0.15) is 0 Å². The van der Waals surface area contributed by atoms with Crippen LogP contribution in [0.3, 0.4) is 0 Å². The molecule has 0 saturated carbocycles. The van der Waals surface area contributed by atoms with Gasteiger partial charge in [-0.05, 0) is 110 Å². The van der Waals surface area contributed by atoms with E-state index in [-0.39, 0.29) is 40.8 Å². The number of fused-ring (bicyclic) bond motifs is 4. The predicted octanol–water partition coefficient (Wildman–Crippen LogP) is 11.6. The summed E-state index contributed by atoms with van der Waals surface area (Å²) in [7, 11) is 0. The Kier molecular flexibility index (Phi) is 14.4. The molecule has 2 aliphatic rings. The van der Waals surface area contributed by atoms with Crippen molar-refractivity contribution in [2.24, 2.45) is 9.98 Å². The van der Waals surface area contributed by atoms with Crippen LogP contribution in [0.4, 0.5) is 10.0 Å². The van der Waals surface area contributed by atoms with E-state index in [4.69, 9.17) is 9.47 Å². The molecule has 4 aromatic carbocycles. The van der Waals surface area contributed by atoms with Crippen LogP contribution in [0.25, 0.3) is 21.5 Å². The Morgan fingerprint density at radius 2 is 1.00 bits per heavy atom. The molecule has 57 heavy (non-hydrogen) atoms. The van der Waals surface area contributed by atoms with Crippen molar-refractivity contribution in [1.29, 1.82) is 0 Å². The number of phenolic OH excluding ortho intramolecular Hbond substituents is 2. The van der Waals surface area contributed by atoms with Gasteiger partial charge in [0.15, 0.2) is 0 Å². The summed E-state index contributed by atoms with van der Waals surface area (Å²) in [6.45, 7) is 4.33. The molecule has 0 saturated heterocycles. The summed E-state index contributed by atoms with van der Waals surface area (Å²) in [6, 6.07) is 22.9. The predicted molar refractivity (Wildman–Crippen MR) is 229 cm³/mol. The van der Waals surface area contributed by atoms with E-state index < -0.39 is 0 Å². The molecule has 2 aliphatic carbocycles. The van der Waals surface area contributed by atoms with Crippen molar-refractivity contribution in [3.63, 3.8) is 0 Å². The summed E-state index contributed by atoms with van der Waals surface area (Å²) in [6.07, 6.45) is 13.9. The number of carbonyl (C=O) groups excluding carboxylic acids is 2. The monoisotopic (exact) mass is 838 g/mol. The smallest absolute Gasteiger partial charge is 0.507 e. The number of aromatic hydroxyl groups is 2. The van der Waals surface area contributed by atoms with Gasteiger partial charge in [-0.25, -0.2) is 19.6 Å². The summed E-state index contributed by atoms with van der Waals surface area (Å²) < 4.78 is 10.6. The number of nitrogens with zero attached hydrogens (tertiary/aromatic N) is 2. The van der Waals surface area contributed by atoms with Gasteiger partial charge in [0, 0.05) is 33.3 Å². The minimum atomic E-state index is -0.295. The van der Waals surface area contributed by atoms with Crippen LogP contribution >= 0.6 is 22.7 Å². The summed E-state index contributed by atoms with van der Waals surface area (Å²) in [5, 5.41) is 26.0. The Hall–Kier alpha value is -4.79. The van der Waals surface area contributed by atoms with Crippen molar-refractivity contribution >= 4 is 78.6 Å². The Morgan fingerprint density at radius 1 is 0.596 bits per heavy atom. The summed E-state index contributed by atoms with van der Waals surface area (Å²) in [5.74, 6) is -0.233. The van der Waals surface area contributed by atoms with Crippen molar-refractivity contribution in [2.75, 3.05) is 13.2 Å². The fourth-order valence-electron chi connectivity index (χ4n) is 7.55. The molecule has 11 heteroatoms. The van der Waals surface area contributed by atoms with Crippen LogP contribution in [0.2, 0.25) is 0 Å². The number of thiophene rings is 2.